The van der Waals surface area contributed by atoms with Crippen LogP contribution in [0.2, 0.25) is 0 Å². The van der Waals surface area contributed by atoms with Crippen molar-refractivity contribution in [2.45, 2.75) is 26.4 Å². The van der Waals surface area contributed by atoms with E-state index in [2.05, 4.69) is 20.6 Å². The number of fused-ring (bicyclic) bond motifs is 1. The summed E-state index contributed by atoms with van der Waals surface area (Å²) >= 11 is 1.37. The first kappa shape index (κ1) is 26.4. The van der Waals surface area contributed by atoms with Gasteiger partial charge in [0.15, 0.2) is 0 Å². The number of aryl methyl sites for hydroxylation is 1. The first-order chi connectivity index (χ1) is 17.6. The standard InChI is InChI=1S/C25H27F2N5O4S/c1-25(2,3)36-24(33)28-6-7-34-8-9-35-19-12-16(26)11-18(27)20(19)22-23-17(5-10-37-23)21(30-31-22)15-13-29-32(4)14-15/h5,10-14H,6-9H2,1-4H3,(H,28,33). The molecule has 0 radical (unpaired) electrons. The van der Waals surface area contributed by atoms with E-state index in [1.165, 1.54) is 11.3 Å². The first-order valence-corrected chi connectivity index (χ1v) is 12.4. The normalized spacial score (nSPS) is 11.6. The van der Waals surface area contributed by atoms with Gasteiger partial charge >= 0.3 is 6.09 Å². The maximum atomic E-state index is 15.0. The Bertz CT molecular complexity index is 1400. The molecule has 37 heavy (non-hydrogen) atoms. The van der Waals surface area contributed by atoms with Gasteiger partial charge in [0.25, 0.3) is 0 Å². The number of benzene rings is 1. The third-order valence-electron chi connectivity index (χ3n) is 5.02. The van der Waals surface area contributed by atoms with Crippen molar-refractivity contribution in [1.82, 2.24) is 25.3 Å². The predicted molar refractivity (Wildman–Crippen MR) is 136 cm³/mol. The van der Waals surface area contributed by atoms with Crippen LogP contribution in [0.5, 0.6) is 5.75 Å². The molecule has 1 N–H and O–H groups in total. The van der Waals surface area contributed by atoms with Gasteiger partial charge in [0, 0.05) is 42.9 Å². The number of thiophene rings is 1. The molecule has 0 saturated heterocycles. The van der Waals surface area contributed by atoms with Crippen LogP contribution in [0.3, 0.4) is 0 Å². The molecule has 0 unspecified atom stereocenters. The number of hydrogen-bond donors (Lipinski definition) is 1. The van der Waals surface area contributed by atoms with Crippen LogP contribution in [0.4, 0.5) is 13.6 Å². The number of nitrogens with zero attached hydrogens (tertiary/aromatic N) is 4. The summed E-state index contributed by atoms with van der Waals surface area (Å²) in [6.45, 7) is 5.93. The average Bonchev–Trinajstić information content (AvgIpc) is 3.46. The van der Waals surface area contributed by atoms with Gasteiger partial charge in [0.05, 0.1) is 29.7 Å². The highest BCUT2D eigenvalue weighted by molar-refractivity contribution is 7.17. The monoisotopic (exact) mass is 531 g/mol. The second-order valence-electron chi connectivity index (χ2n) is 9.11. The summed E-state index contributed by atoms with van der Waals surface area (Å²) in [5.74, 6) is -1.59. The zero-order valence-electron chi connectivity index (χ0n) is 20.9. The maximum Gasteiger partial charge on any atom is 0.407 e. The second kappa shape index (κ2) is 11.2. The third-order valence-corrected chi connectivity index (χ3v) is 5.94. The smallest absolute Gasteiger partial charge is 0.407 e. The Kier molecular flexibility index (Phi) is 7.98. The molecule has 0 atom stereocenters. The summed E-state index contributed by atoms with van der Waals surface area (Å²) in [6, 6.07) is 3.78. The molecule has 0 fully saturated rings. The van der Waals surface area contributed by atoms with Crippen molar-refractivity contribution in [2.75, 3.05) is 26.4 Å². The minimum absolute atomic E-state index is 0.00823. The van der Waals surface area contributed by atoms with Gasteiger partial charge in [0.1, 0.15) is 41.0 Å². The molecular weight excluding hydrogens is 504 g/mol. The highest BCUT2D eigenvalue weighted by Gasteiger charge is 2.22. The highest BCUT2D eigenvalue weighted by atomic mass is 32.1. The Morgan fingerprint density at radius 2 is 1.92 bits per heavy atom. The van der Waals surface area contributed by atoms with Crippen LogP contribution in [0.15, 0.2) is 36.0 Å². The summed E-state index contributed by atoms with van der Waals surface area (Å²) < 4.78 is 47.8. The van der Waals surface area contributed by atoms with Crippen LogP contribution in [0.25, 0.3) is 32.6 Å². The van der Waals surface area contributed by atoms with E-state index in [0.717, 1.165) is 23.1 Å². The number of halogens is 2. The molecule has 196 valence electrons. The molecule has 0 bridgehead atoms. The molecule has 0 aliphatic rings. The number of alkyl carbamates (subject to hydrolysis) is 1. The van der Waals surface area contributed by atoms with E-state index in [1.54, 1.807) is 38.7 Å². The molecular formula is C25H27F2N5O4S. The molecule has 12 heteroatoms. The summed E-state index contributed by atoms with van der Waals surface area (Å²) in [6.07, 6.45) is 2.95. The molecule has 0 saturated carbocycles. The summed E-state index contributed by atoms with van der Waals surface area (Å²) in [4.78, 5) is 11.6. The van der Waals surface area contributed by atoms with E-state index in [0.29, 0.717) is 10.4 Å². The average molecular weight is 532 g/mol. The largest absolute Gasteiger partial charge is 0.490 e. The summed E-state index contributed by atoms with van der Waals surface area (Å²) in [5, 5.41) is 18.0. The molecule has 0 spiro atoms. The van der Waals surface area contributed by atoms with Crippen LogP contribution in [0, 0.1) is 11.6 Å². The zero-order valence-corrected chi connectivity index (χ0v) is 21.7. The molecule has 1 aromatic carbocycles. The minimum Gasteiger partial charge on any atom is -0.490 e. The molecule has 1 amide bonds. The van der Waals surface area contributed by atoms with E-state index in [9.17, 15) is 9.18 Å². The Morgan fingerprint density at radius 3 is 2.65 bits per heavy atom. The van der Waals surface area contributed by atoms with Crippen molar-refractivity contribution >= 4 is 27.5 Å². The van der Waals surface area contributed by atoms with E-state index < -0.39 is 23.3 Å². The number of carbonyl (C=O) groups is 1. The summed E-state index contributed by atoms with van der Waals surface area (Å²) in [7, 11) is 1.80. The van der Waals surface area contributed by atoms with Crippen LogP contribution in [0.1, 0.15) is 20.8 Å². The number of nitrogens with one attached hydrogen (secondary N) is 1. The van der Waals surface area contributed by atoms with Crippen molar-refractivity contribution in [1.29, 1.82) is 0 Å². The van der Waals surface area contributed by atoms with E-state index in [4.69, 9.17) is 14.2 Å². The van der Waals surface area contributed by atoms with Crippen LogP contribution in [-0.2, 0) is 16.5 Å². The molecule has 0 aliphatic heterocycles. The Morgan fingerprint density at radius 1 is 1.14 bits per heavy atom. The Labute approximate surface area is 216 Å². The van der Waals surface area contributed by atoms with Crippen LogP contribution >= 0.6 is 11.3 Å². The van der Waals surface area contributed by atoms with E-state index in [-0.39, 0.29) is 43.4 Å². The first-order valence-electron chi connectivity index (χ1n) is 11.5. The molecule has 4 rings (SSSR count). The number of carbonyl (C=O) groups excluding carboxylic acids is 1. The lowest BCUT2D eigenvalue weighted by molar-refractivity contribution is 0.0489. The van der Waals surface area contributed by atoms with Gasteiger partial charge in [0.2, 0.25) is 0 Å². The van der Waals surface area contributed by atoms with Crippen LogP contribution in [-0.4, -0.2) is 58.0 Å². The van der Waals surface area contributed by atoms with Gasteiger partial charge in [-0.05, 0) is 32.2 Å². The molecule has 3 aromatic heterocycles. The fourth-order valence-corrected chi connectivity index (χ4v) is 4.43. The number of rotatable bonds is 9. The van der Waals surface area contributed by atoms with Gasteiger partial charge in [-0.3, -0.25) is 4.68 Å². The van der Waals surface area contributed by atoms with Gasteiger partial charge in [-0.1, -0.05) is 0 Å². The van der Waals surface area contributed by atoms with Crippen molar-refractivity contribution in [3.05, 3.63) is 47.6 Å². The molecule has 4 aromatic rings. The molecule has 0 aliphatic carbocycles. The third kappa shape index (κ3) is 6.57. The molecule has 3 heterocycles. The lowest BCUT2D eigenvalue weighted by Gasteiger charge is -2.19. The maximum absolute atomic E-state index is 15.0. The SMILES string of the molecule is Cn1cc(-c2nnc(-c3c(F)cc(F)cc3OCCOCCNC(=O)OC(C)(C)C)c3sccc23)cn1. The van der Waals surface area contributed by atoms with Gasteiger partial charge in [-0.2, -0.15) is 5.10 Å². The Balaban J connectivity index is 1.45. The van der Waals surface area contributed by atoms with E-state index >= 15 is 4.39 Å². The number of aromatic nitrogens is 4. The van der Waals surface area contributed by atoms with Gasteiger partial charge in [-0.15, -0.1) is 21.5 Å². The Hall–Kier alpha value is -3.64. The topological polar surface area (TPSA) is 100 Å². The van der Waals surface area contributed by atoms with Crippen molar-refractivity contribution in [3.63, 3.8) is 0 Å². The van der Waals surface area contributed by atoms with Crippen LogP contribution < -0.4 is 10.1 Å². The molecule has 9 nitrogen and oxygen atoms in total. The van der Waals surface area contributed by atoms with Gasteiger partial charge < -0.3 is 19.5 Å². The van der Waals surface area contributed by atoms with E-state index in [1.807, 2.05) is 17.6 Å². The fourth-order valence-electron chi connectivity index (χ4n) is 3.54. The minimum atomic E-state index is -0.810. The number of amides is 1. The second-order valence-corrected chi connectivity index (χ2v) is 10.0. The highest BCUT2D eigenvalue weighted by Crippen LogP contribution is 2.40. The lowest BCUT2D eigenvalue weighted by Crippen LogP contribution is -2.34. The lowest BCUT2D eigenvalue weighted by atomic mass is 10.1. The van der Waals surface area contributed by atoms with Crippen molar-refractivity contribution in [3.8, 4) is 28.3 Å². The van der Waals surface area contributed by atoms with Gasteiger partial charge in [-0.25, -0.2) is 13.6 Å². The van der Waals surface area contributed by atoms with Crippen molar-refractivity contribution < 1.29 is 27.8 Å². The van der Waals surface area contributed by atoms with Crippen molar-refractivity contribution in [2.24, 2.45) is 7.05 Å². The quantitative estimate of drug-likeness (QED) is 0.305. The zero-order chi connectivity index (χ0) is 26.6. The predicted octanol–water partition coefficient (Wildman–Crippen LogP) is 4.96. The fraction of sp³-hybridized carbons (Fsp3) is 0.360. The summed E-state index contributed by atoms with van der Waals surface area (Å²) in [5.41, 5.74) is 1.08. The number of ether oxygens (including phenoxy) is 3. The number of hydrogen-bond acceptors (Lipinski definition) is 8.